The number of aliphatic imine (C=N–C) groups is 1. The molecule has 0 unspecified atom stereocenters. The quantitative estimate of drug-likeness (QED) is 0.363. The molecule has 17 heavy (non-hydrogen) atoms. The van der Waals surface area contributed by atoms with E-state index in [2.05, 4.69) is 17.6 Å². The van der Waals surface area contributed by atoms with Crippen LogP contribution in [-0.2, 0) is 6.42 Å². The number of hydrogen-bond acceptors (Lipinski definition) is 2. The summed E-state index contributed by atoms with van der Waals surface area (Å²) in [4.78, 5) is 4.73. The molecule has 0 aromatic heterocycles. The highest BCUT2D eigenvalue weighted by Gasteiger charge is 2.12. The number of hydrazine groups is 1. The normalized spacial score (nSPS) is 18.1. The molecule has 0 radical (unpaired) electrons. The van der Waals surface area contributed by atoms with Gasteiger partial charge in [-0.3, -0.25) is 4.99 Å². The number of nitrogens with one attached hydrogen (secondary N) is 1. The van der Waals surface area contributed by atoms with E-state index < -0.39 is 0 Å². The van der Waals surface area contributed by atoms with Crippen LogP contribution in [0.1, 0.15) is 37.7 Å². The number of hydrogen-bond donors (Lipinski definition) is 2. The summed E-state index contributed by atoms with van der Waals surface area (Å²) >= 11 is 0. The molecule has 0 aliphatic heterocycles. The maximum Gasteiger partial charge on any atom is 0.115 e. The van der Waals surface area contributed by atoms with E-state index in [-0.39, 0.29) is 0 Å². The number of amidine groups is 1. The first-order valence-electron chi connectivity index (χ1n) is 6.45. The summed E-state index contributed by atoms with van der Waals surface area (Å²) in [5.74, 6) is 6.46. The first kappa shape index (κ1) is 12.1. The monoisotopic (exact) mass is 231 g/mol. The van der Waals surface area contributed by atoms with E-state index in [0.717, 1.165) is 12.3 Å². The molecule has 2 rings (SSSR count). The minimum atomic E-state index is 0.471. The Morgan fingerprint density at radius 2 is 1.88 bits per heavy atom. The second kappa shape index (κ2) is 6.40. The van der Waals surface area contributed by atoms with Gasteiger partial charge in [-0.15, -0.1) is 0 Å². The van der Waals surface area contributed by atoms with Crippen molar-refractivity contribution >= 4 is 5.84 Å². The first-order valence-corrected chi connectivity index (χ1v) is 6.45. The molecular formula is C14H21N3. The molecule has 0 spiro atoms. The molecule has 0 atom stereocenters. The van der Waals surface area contributed by atoms with Crippen LogP contribution in [0.5, 0.6) is 0 Å². The van der Waals surface area contributed by atoms with Crippen LogP contribution in [0.2, 0.25) is 0 Å². The van der Waals surface area contributed by atoms with Crippen LogP contribution < -0.4 is 11.3 Å². The Labute approximate surface area is 103 Å². The van der Waals surface area contributed by atoms with Crippen molar-refractivity contribution in [2.24, 2.45) is 10.8 Å². The molecule has 0 saturated heterocycles. The number of benzene rings is 1. The van der Waals surface area contributed by atoms with Crippen molar-refractivity contribution in [2.45, 2.75) is 44.6 Å². The lowest BCUT2D eigenvalue weighted by Gasteiger charge is -2.19. The molecule has 1 aromatic carbocycles. The van der Waals surface area contributed by atoms with E-state index in [0.29, 0.717) is 6.04 Å². The molecule has 3 heteroatoms. The predicted molar refractivity (Wildman–Crippen MR) is 71.8 cm³/mol. The van der Waals surface area contributed by atoms with Crippen LogP contribution in [0.25, 0.3) is 0 Å². The van der Waals surface area contributed by atoms with Gasteiger partial charge in [0.15, 0.2) is 0 Å². The van der Waals surface area contributed by atoms with Gasteiger partial charge in [-0.25, -0.2) is 5.84 Å². The fourth-order valence-corrected chi connectivity index (χ4v) is 2.35. The summed E-state index contributed by atoms with van der Waals surface area (Å²) in [7, 11) is 0. The molecule has 3 nitrogen and oxygen atoms in total. The van der Waals surface area contributed by atoms with Crippen molar-refractivity contribution in [1.82, 2.24) is 5.43 Å². The third kappa shape index (κ3) is 3.86. The molecule has 92 valence electrons. The average Bonchev–Trinajstić information content (AvgIpc) is 2.40. The largest absolute Gasteiger partial charge is 0.312 e. The minimum Gasteiger partial charge on any atom is -0.312 e. The minimum absolute atomic E-state index is 0.471. The molecule has 0 bridgehead atoms. The Kier molecular flexibility index (Phi) is 4.56. The highest BCUT2D eigenvalue weighted by molar-refractivity contribution is 5.84. The van der Waals surface area contributed by atoms with E-state index in [1.54, 1.807) is 0 Å². The fourth-order valence-electron chi connectivity index (χ4n) is 2.35. The van der Waals surface area contributed by atoms with Gasteiger partial charge in [-0.05, 0) is 18.4 Å². The second-order valence-corrected chi connectivity index (χ2v) is 4.67. The molecule has 1 fully saturated rings. The summed E-state index contributed by atoms with van der Waals surface area (Å²) in [6, 6.07) is 10.8. The SMILES string of the molecule is NNC(Cc1ccccc1)=NC1CCCCC1. The Hall–Kier alpha value is -1.35. The summed E-state index contributed by atoms with van der Waals surface area (Å²) in [5.41, 5.74) is 4.00. The van der Waals surface area contributed by atoms with Gasteiger partial charge in [0.2, 0.25) is 0 Å². The Morgan fingerprint density at radius 1 is 1.18 bits per heavy atom. The Balaban J connectivity index is 1.98. The molecular weight excluding hydrogens is 210 g/mol. The molecule has 3 N–H and O–H groups in total. The molecule has 0 amide bonds. The molecule has 1 aliphatic rings. The second-order valence-electron chi connectivity index (χ2n) is 4.67. The van der Waals surface area contributed by atoms with Crippen LogP contribution in [0.15, 0.2) is 35.3 Å². The van der Waals surface area contributed by atoms with Gasteiger partial charge in [0.05, 0.1) is 6.04 Å². The highest BCUT2D eigenvalue weighted by atomic mass is 15.3. The van der Waals surface area contributed by atoms with Gasteiger partial charge in [0.25, 0.3) is 0 Å². The van der Waals surface area contributed by atoms with Crippen molar-refractivity contribution in [2.75, 3.05) is 0 Å². The zero-order chi connectivity index (χ0) is 11.9. The van der Waals surface area contributed by atoms with Crippen LogP contribution in [0, 0.1) is 0 Å². The van der Waals surface area contributed by atoms with Gasteiger partial charge in [-0.2, -0.15) is 0 Å². The van der Waals surface area contributed by atoms with Crippen LogP contribution in [-0.4, -0.2) is 11.9 Å². The predicted octanol–water partition coefficient (Wildman–Crippen LogP) is 2.42. The summed E-state index contributed by atoms with van der Waals surface area (Å²) in [6.07, 6.45) is 7.18. The van der Waals surface area contributed by atoms with Crippen molar-refractivity contribution in [1.29, 1.82) is 0 Å². The maximum atomic E-state index is 5.56. The fraction of sp³-hybridized carbons (Fsp3) is 0.500. The van der Waals surface area contributed by atoms with E-state index in [9.17, 15) is 0 Å². The van der Waals surface area contributed by atoms with Crippen molar-refractivity contribution in [3.63, 3.8) is 0 Å². The average molecular weight is 231 g/mol. The van der Waals surface area contributed by atoms with Gasteiger partial charge in [0.1, 0.15) is 5.84 Å². The zero-order valence-corrected chi connectivity index (χ0v) is 10.2. The van der Waals surface area contributed by atoms with Gasteiger partial charge < -0.3 is 5.43 Å². The zero-order valence-electron chi connectivity index (χ0n) is 10.2. The van der Waals surface area contributed by atoms with E-state index >= 15 is 0 Å². The third-order valence-corrected chi connectivity index (χ3v) is 3.29. The summed E-state index contributed by atoms with van der Waals surface area (Å²) < 4.78 is 0. The summed E-state index contributed by atoms with van der Waals surface area (Å²) in [5, 5.41) is 0. The van der Waals surface area contributed by atoms with E-state index in [1.807, 2.05) is 18.2 Å². The smallest absolute Gasteiger partial charge is 0.115 e. The lowest BCUT2D eigenvalue weighted by molar-refractivity contribution is 0.442. The van der Waals surface area contributed by atoms with Gasteiger partial charge >= 0.3 is 0 Å². The Bertz CT molecular complexity index is 353. The summed E-state index contributed by atoms with van der Waals surface area (Å²) in [6.45, 7) is 0. The first-order chi connectivity index (χ1) is 8.38. The standard InChI is InChI=1S/C14H21N3/c15-17-14(11-12-7-3-1-4-8-12)16-13-9-5-2-6-10-13/h1,3-4,7-8,13H,2,5-6,9-11,15H2,(H,16,17). The lowest BCUT2D eigenvalue weighted by atomic mass is 9.96. The van der Waals surface area contributed by atoms with E-state index in [1.165, 1.54) is 37.7 Å². The van der Waals surface area contributed by atoms with Crippen LogP contribution in [0.3, 0.4) is 0 Å². The highest BCUT2D eigenvalue weighted by Crippen LogP contribution is 2.20. The number of nitrogens with zero attached hydrogens (tertiary/aromatic N) is 1. The van der Waals surface area contributed by atoms with Crippen molar-refractivity contribution in [3.05, 3.63) is 35.9 Å². The molecule has 1 saturated carbocycles. The lowest BCUT2D eigenvalue weighted by Crippen LogP contribution is -2.33. The number of nitrogens with two attached hydrogens (primary N) is 1. The third-order valence-electron chi connectivity index (χ3n) is 3.29. The molecule has 1 aromatic rings. The van der Waals surface area contributed by atoms with Crippen molar-refractivity contribution < 1.29 is 0 Å². The molecule has 0 heterocycles. The number of rotatable bonds is 3. The van der Waals surface area contributed by atoms with Gasteiger partial charge in [0, 0.05) is 6.42 Å². The Morgan fingerprint density at radius 3 is 2.53 bits per heavy atom. The molecule has 1 aliphatic carbocycles. The van der Waals surface area contributed by atoms with Gasteiger partial charge in [-0.1, -0.05) is 49.6 Å². The topological polar surface area (TPSA) is 50.4 Å². The van der Waals surface area contributed by atoms with E-state index in [4.69, 9.17) is 10.8 Å². The van der Waals surface area contributed by atoms with Crippen LogP contribution >= 0.6 is 0 Å². The van der Waals surface area contributed by atoms with Crippen molar-refractivity contribution in [3.8, 4) is 0 Å². The van der Waals surface area contributed by atoms with Crippen LogP contribution in [0.4, 0.5) is 0 Å². The maximum absolute atomic E-state index is 5.56.